The first-order chi connectivity index (χ1) is 16.0. The fraction of sp³-hybridized carbons (Fsp3) is 0.231. The van der Waals surface area contributed by atoms with Crippen LogP contribution in [0.1, 0.15) is 17.5 Å². The van der Waals surface area contributed by atoms with E-state index in [4.69, 9.17) is 24.1 Å². The molecule has 0 fully saturated rings. The van der Waals surface area contributed by atoms with Crippen molar-refractivity contribution in [3.05, 3.63) is 84.5 Å². The number of benzene rings is 2. The monoisotopic (exact) mass is 452 g/mol. The molecule has 0 amide bonds. The summed E-state index contributed by atoms with van der Waals surface area (Å²) in [6.45, 7) is 7.33. The largest absolute Gasteiger partial charge is 0.493 e. The summed E-state index contributed by atoms with van der Waals surface area (Å²) in [5, 5.41) is 8.81. The highest BCUT2D eigenvalue weighted by Gasteiger charge is 2.06. The van der Waals surface area contributed by atoms with Crippen LogP contribution in [-0.4, -0.2) is 50.1 Å². The summed E-state index contributed by atoms with van der Waals surface area (Å²) in [6, 6.07) is 15.2. The van der Waals surface area contributed by atoms with E-state index in [1.165, 1.54) is 0 Å². The van der Waals surface area contributed by atoms with E-state index < -0.39 is 18.5 Å². The number of hydrogen-bond donors (Lipinski definition) is 1. The third-order valence-corrected chi connectivity index (χ3v) is 4.26. The first-order valence-corrected chi connectivity index (χ1v) is 10.4. The Labute approximate surface area is 193 Å². The number of rotatable bonds is 14. The predicted molar refractivity (Wildman–Crippen MR) is 126 cm³/mol. The Morgan fingerprint density at radius 2 is 1.33 bits per heavy atom. The number of aliphatic hydroxyl groups excluding tert-OH is 1. The Bertz CT molecular complexity index is 944. The van der Waals surface area contributed by atoms with Crippen LogP contribution in [0.2, 0.25) is 0 Å². The fourth-order valence-corrected chi connectivity index (χ4v) is 2.48. The normalized spacial score (nSPS) is 10.5. The molecule has 33 heavy (non-hydrogen) atoms. The molecule has 0 saturated heterocycles. The van der Waals surface area contributed by atoms with Gasteiger partial charge in [-0.3, -0.25) is 0 Å². The molecule has 0 atom stereocenters. The molecule has 0 saturated carbocycles. The van der Waals surface area contributed by atoms with Crippen molar-refractivity contribution in [3.63, 3.8) is 0 Å². The summed E-state index contributed by atoms with van der Waals surface area (Å²) >= 11 is 0. The summed E-state index contributed by atoms with van der Waals surface area (Å²) in [5.41, 5.74) is 2.04. The summed E-state index contributed by atoms with van der Waals surface area (Å²) in [6.07, 6.45) is 5.71. The summed E-state index contributed by atoms with van der Waals surface area (Å²) < 4.78 is 21.0. The van der Waals surface area contributed by atoms with Crippen LogP contribution >= 0.6 is 0 Å². The van der Waals surface area contributed by atoms with E-state index >= 15 is 0 Å². The molecule has 0 aromatic heterocycles. The fourth-order valence-electron chi connectivity index (χ4n) is 2.48. The van der Waals surface area contributed by atoms with E-state index in [0.717, 1.165) is 23.0 Å². The molecule has 2 aromatic rings. The zero-order valence-corrected chi connectivity index (χ0v) is 18.4. The Kier molecular flexibility index (Phi) is 11.0. The van der Waals surface area contributed by atoms with Gasteiger partial charge in [-0.25, -0.2) is 9.59 Å². The molecule has 0 unspecified atom stereocenters. The molecule has 7 nitrogen and oxygen atoms in total. The molecule has 0 aliphatic rings. The van der Waals surface area contributed by atoms with E-state index in [9.17, 15) is 9.59 Å². The van der Waals surface area contributed by atoms with Crippen LogP contribution < -0.4 is 9.47 Å². The maximum Gasteiger partial charge on any atom is 0.335 e. The zero-order chi connectivity index (χ0) is 23.9. The second-order valence-electron chi connectivity index (χ2n) is 6.79. The number of hydrogen-bond acceptors (Lipinski definition) is 7. The molecule has 0 bridgehead atoms. The van der Waals surface area contributed by atoms with E-state index in [-0.39, 0.29) is 18.8 Å². The molecule has 2 rings (SSSR count). The van der Waals surface area contributed by atoms with E-state index in [1.807, 2.05) is 60.7 Å². The van der Waals surface area contributed by atoms with Crippen molar-refractivity contribution in [1.82, 2.24) is 0 Å². The number of aliphatic hydroxyl groups is 1. The summed E-state index contributed by atoms with van der Waals surface area (Å²) in [5.74, 6) is 0.338. The van der Waals surface area contributed by atoms with E-state index in [2.05, 4.69) is 13.2 Å². The predicted octanol–water partition coefficient (Wildman–Crippen LogP) is 3.83. The number of carbonyl (C=O) groups excluding carboxylic acids is 2. The average molecular weight is 453 g/mol. The van der Waals surface area contributed by atoms with Gasteiger partial charge in [0.2, 0.25) is 0 Å². The van der Waals surface area contributed by atoms with Gasteiger partial charge in [-0.05, 0) is 35.4 Å². The standard InChI is InChI=1S/C26H28O7/c1-3-25(28)32-16-4-15-30-23-11-7-21(8-12-23)5-6-22-9-13-24(14-10-22)31-17-18-33-26(29)20(2)19-27/h3,5-14,27H,1-2,4,15-19H2/b6-5+. The third kappa shape index (κ3) is 9.88. The van der Waals surface area contributed by atoms with Gasteiger partial charge in [0.05, 0.1) is 25.4 Å². The maximum absolute atomic E-state index is 11.4. The number of ether oxygens (including phenoxy) is 4. The van der Waals surface area contributed by atoms with Gasteiger partial charge < -0.3 is 24.1 Å². The van der Waals surface area contributed by atoms with Crippen LogP contribution in [0.3, 0.4) is 0 Å². The quantitative estimate of drug-likeness (QED) is 0.202. The topological polar surface area (TPSA) is 91.3 Å². The van der Waals surface area contributed by atoms with Crippen LogP contribution in [0.25, 0.3) is 12.2 Å². The SMILES string of the molecule is C=CC(=O)OCCCOc1ccc(/C=C/c2ccc(OCCOC(=O)C(=C)CO)cc2)cc1. The van der Waals surface area contributed by atoms with Gasteiger partial charge in [0, 0.05) is 12.5 Å². The van der Waals surface area contributed by atoms with Crippen molar-refractivity contribution in [2.45, 2.75) is 6.42 Å². The molecule has 0 aliphatic carbocycles. The Hall–Kier alpha value is -3.84. The molecule has 0 heterocycles. The zero-order valence-electron chi connectivity index (χ0n) is 18.4. The molecule has 174 valence electrons. The first-order valence-electron chi connectivity index (χ1n) is 10.4. The van der Waals surface area contributed by atoms with Gasteiger partial charge in [-0.1, -0.05) is 49.6 Å². The lowest BCUT2D eigenvalue weighted by atomic mass is 10.1. The third-order valence-electron chi connectivity index (χ3n) is 4.26. The highest BCUT2D eigenvalue weighted by Crippen LogP contribution is 2.17. The van der Waals surface area contributed by atoms with E-state index in [0.29, 0.717) is 25.4 Å². The number of carbonyl (C=O) groups is 2. The molecule has 0 spiro atoms. The van der Waals surface area contributed by atoms with E-state index in [1.54, 1.807) is 0 Å². The van der Waals surface area contributed by atoms with Gasteiger partial charge in [0.15, 0.2) is 0 Å². The molecule has 1 N–H and O–H groups in total. The summed E-state index contributed by atoms with van der Waals surface area (Å²) in [7, 11) is 0. The Morgan fingerprint density at radius 1 is 0.788 bits per heavy atom. The first kappa shape index (κ1) is 25.4. The van der Waals surface area contributed by atoms with Gasteiger partial charge in [-0.15, -0.1) is 0 Å². The lowest BCUT2D eigenvalue weighted by molar-refractivity contribution is -0.140. The second-order valence-corrected chi connectivity index (χ2v) is 6.79. The smallest absolute Gasteiger partial charge is 0.335 e. The van der Waals surface area contributed by atoms with Crippen molar-refractivity contribution in [2.75, 3.05) is 33.0 Å². The van der Waals surface area contributed by atoms with Crippen molar-refractivity contribution in [1.29, 1.82) is 0 Å². The number of esters is 2. The molecule has 0 radical (unpaired) electrons. The minimum absolute atomic E-state index is 0.0112. The second kappa shape index (κ2) is 14.3. The molecule has 7 heteroatoms. The van der Waals surface area contributed by atoms with Crippen molar-refractivity contribution in [2.24, 2.45) is 0 Å². The van der Waals surface area contributed by atoms with Crippen molar-refractivity contribution >= 4 is 24.1 Å². The summed E-state index contributed by atoms with van der Waals surface area (Å²) in [4.78, 5) is 22.3. The minimum Gasteiger partial charge on any atom is -0.493 e. The van der Waals surface area contributed by atoms with Crippen LogP contribution in [0.4, 0.5) is 0 Å². The lowest BCUT2D eigenvalue weighted by Crippen LogP contribution is -2.14. The highest BCUT2D eigenvalue weighted by atomic mass is 16.6. The van der Waals surface area contributed by atoms with Crippen LogP contribution in [0.15, 0.2) is 73.3 Å². The molecule has 0 aliphatic heterocycles. The highest BCUT2D eigenvalue weighted by molar-refractivity contribution is 5.87. The average Bonchev–Trinajstić information content (AvgIpc) is 2.85. The molecular weight excluding hydrogens is 424 g/mol. The molecular formula is C26H28O7. The van der Waals surface area contributed by atoms with Crippen LogP contribution in [-0.2, 0) is 19.1 Å². The van der Waals surface area contributed by atoms with Gasteiger partial charge in [-0.2, -0.15) is 0 Å². The van der Waals surface area contributed by atoms with Gasteiger partial charge >= 0.3 is 11.9 Å². The Morgan fingerprint density at radius 3 is 1.85 bits per heavy atom. The molecule has 2 aromatic carbocycles. The van der Waals surface area contributed by atoms with Crippen molar-refractivity contribution in [3.8, 4) is 11.5 Å². The van der Waals surface area contributed by atoms with Crippen molar-refractivity contribution < 1.29 is 33.6 Å². The van der Waals surface area contributed by atoms with Gasteiger partial charge in [0.25, 0.3) is 0 Å². The van der Waals surface area contributed by atoms with Gasteiger partial charge in [0.1, 0.15) is 24.7 Å². The Balaban J connectivity index is 1.71. The minimum atomic E-state index is -0.632. The lowest BCUT2D eigenvalue weighted by Gasteiger charge is -2.08. The van der Waals surface area contributed by atoms with Crippen LogP contribution in [0, 0.1) is 0 Å². The van der Waals surface area contributed by atoms with Crippen LogP contribution in [0.5, 0.6) is 11.5 Å². The maximum atomic E-state index is 11.4.